The van der Waals surface area contributed by atoms with E-state index in [0.717, 1.165) is 32.1 Å². The Kier molecular flexibility index (Phi) is 3.32. The van der Waals surface area contributed by atoms with E-state index < -0.39 is 0 Å². The number of rotatable bonds is 3. The highest BCUT2D eigenvalue weighted by Gasteiger charge is 2.36. The number of hydrogen-bond donors (Lipinski definition) is 1. The number of nitrogens with zero attached hydrogens (tertiary/aromatic N) is 2. The Morgan fingerprint density at radius 1 is 1.29 bits per heavy atom. The molecule has 4 heteroatoms. The van der Waals surface area contributed by atoms with E-state index in [4.69, 9.17) is 11.6 Å². The number of aromatic nitrogens is 1. The van der Waals surface area contributed by atoms with Gasteiger partial charge in [-0.05, 0) is 30.4 Å². The molecule has 1 N–H and O–H groups in total. The second-order valence-electron chi connectivity index (χ2n) is 4.98. The Labute approximate surface area is 107 Å². The lowest BCUT2D eigenvalue weighted by molar-refractivity contribution is 0.156. The SMILES string of the molecule is Clc1ccc([C@@H](C2CC2)N2CCNCC2)cn1. The van der Waals surface area contributed by atoms with Crippen LogP contribution in [0, 0.1) is 5.92 Å². The predicted octanol–water partition coefficient (Wildman–Crippen LogP) is 2.09. The van der Waals surface area contributed by atoms with Crippen LogP contribution in [0.15, 0.2) is 18.3 Å². The smallest absolute Gasteiger partial charge is 0.129 e. The van der Waals surface area contributed by atoms with Crippen LogP contribution in [0.3, 0.4) is 0 Å². The van der Waals surface area contributed by atoms with E-state index in [1.165, 1.54) is 18.4 Å². The van der Waals surface area contributed by atoms with E-state index >= 15 is 0 Å². The quantitative estimate of drug-likeness (QED) is 0.834. The van der Waals surface area contributed by atoms with Crippen LogP contribution in [-0.2, 0) is 0 Å². The van der Waals surface area contributed by atoms with Crippen molar-refractivity contribution in [1.82, 2.24) is 15.2 Å². The second-order valence-corrected chi connectivity index (χ2v) is 5.37. The summed E-state index contributed by atoms with van der Waals surface area (Å²) in [7, 11) is 0. The molecule has 2 fully saturated rings. The number of piperazine rings is 1. The summed E-state index contributed by atoms with van der Waals surface area (Å²) >= 11 is 5.86. The van der Waals surface area contributed by atoms with E-state index in [2.05, 4.69) is 21.3 Å². The number of hydrogen-bond acceptors (Lipinski definition) is 3. The highest BCUT2D eigenvalue weighted by molar-refractivity contribution is 6.29. The number of pyridine rings is 1. The van der Waals surface area contributed by atoms with E-state index in [-0.39, 0.29) is 0 Å². The van der Waals surface area contributed by atoms with Crippen LogP contribution < -0.4 is 5.32 Å². The minimum absolute atomic E-state index is 0.557. The third-order valence-corrected chi connectivity index (χ3v) is 3.93. The van der Waals surface area contributed by atoms with E-state index in [1.807, 2.05) is 12.3 Å². The third kappa shape index (κ3) is 2.62. The molecule has 1 saturated carbocycles. The van der Waals surface area contributed by atoms with E-state index in [1.54, 1.807) is 0 Å². The molecular formula is C13H18ClN3. The minimum Gasteiger partial charge on any atom is -0.314 e. The zero-order valence-corrected chi connectivity index (χ0v) is 10.7. The van der Waals surface area contributed by atoms with Gasteiger partial charge in [0.2, 0.25) is 0 Å². The van der Waals surface area contributed by atoms with Gasteiger partial charge in [0, 0.05) is 38.4 Å². The van der Waals surface area contributed by atoms with Gasteiger partial charge in [-0.2, -0.15) is 0 Å². The largest absolute Gasteiger partial charge is 0.314 e. The van der Waals surface area contributed by atoms with Crippen LogP contribution in [0.4, 0.5) is 0 Å². The lowest BCUT2D eigenvalue weighted by Gasteiger charge is -2.35. The molecule has 3 rings (SSSR count). The number of halogens is 1. The van der Waals surface area contributed by atoms with Gasteiger partial charge >= 0.3 is 0 Å². The van der Waals surface area contributed by atoms with Crippen LogP contribution in [0.1, 0.15) is 24.4 Å². The van der Waals surface area contributed by atoms with Crippen LogP contribution in [0.25, 0.3) is 0 Å². The average molecular weight is 252 g/mol. The molecule has 92 valence electrons. The van der Waals surface area contributed by atoms with Crippen molar-refractivity contribution in [3.8, 4) is 0 Å². The molecule has 1 aromatic heterocycles. The van der Waals surface area contributed by atoms with E-state index in [9.17, 15) is 0 Å². The molecule has 1 aromatic rings. The normalized spacial score (nSPS) is 23.6. The molecule has 0 radical (unpaired) electrons. The summed E-state index contributed by atoms with van der Waals surface area (Å²) in [5, 5.41) is 4.00. The van der Waals surface area contributed by atoms with Crippen LogP contribution >= 0.6 is 11.6 Å². The van der Waals surface area contributed by atoms with Gasteiger partial charge in [0.05, 0.1) is 0 Å². The van der Waals surface area contributed by atoms with Crippen LogP contribution in [-0.4, -0.2) is 36.1 Å². The second kappa shape index (κ2) is 4.92. The first-order chi connectivity index (χ1) is 8.34. The summed E-state index contributed by atoms with van der Waals surface area (Å²) in [4.78, 5) is 6.82. The summed E-state index contributed by atoms with van der Waals surface area (Å²) in [6.07, 6.45) is 4.67. The van der Waals surface area contributed by atoms with Gasteiger partial charge in [0.25, 0.3) is 0 Å². The molecule has 1 aliphatic carbocycles. The van der Waals surface area contributed by atoms with Crippen molar-refractivity contribution >= 4 is 11.6 Å². The molecule has 0 amide bonds. The zero-order chi connectivity index (χ0) is 11.7. The lowest BCUT2D eigenvalue weighted by Crippen LogP contribution is -2.45. The van der Waals surface area contributed by atoms with E-state index in [0.29, 0.717) is 11.2 Å². The fourth-order valence-electron chi connectivity index (χ4n) is 2.72. The molecule has 2 aliphatic rings. The van der Waals surface area contributed by atoms with Crippen molar-refractivity contribution in [2.24, 2.45) is 5.92 Å². The molecule has 1 atom stereocenters. The minimum atomic E-state index is 0.557. The summed E-state index contributed by atoms with van der Waals surface area (Å²) in [5.41, 5.74) is 1.33. The van der Waals surface area contributed by atoms with Gasteiger partial charge in [-0.25, -0.2) is 4.98 Å². The highest BCUT2D eigenvalue weighted by Crippen LogP contribution is 2.44. The first-order valence-electron chi connectivity index (χ1n) is 6.41. The Morgan fingerprint density at radius 3 is 2.65 bits per heavy atom. The Bertz CT molecular complexity index is 369. The van der Waals surface area contributed by atoms with Gasteiger partial charge < -0.3 is 5.32 Å². The standard InChI is InChI=1S/C13H18ClN3/c14-12-4-3-11(9-16-12)13(10-1-2-10)17-7-5-15-6-8-17/h3-4,9-10,13,15H,1-2,5-8H2/t13-/m1/s1. The molecule has 1 aliphatic heterocycles. The Balaban J connectivity index is 1.81. The Morgan fingerprint density at radius 2 is 2.06 bits per heavy atom. The predicted molar refractivity (Wildman–Crippen MR) is 69.2 cm³/mol. The molecule has 3 nitrogen and oxygen atoms in total. The first kappa shape index (κ1) is 11.5. The molecule has 17 heavy (non-hydrogen) atoms. The monoisotopic (exact) mass is 251 g/mol. The summed E-state index contributed by atoms with van der Waals surface area (Å²) in [5.74, 6) is 0.830. The van der Waals surface area contributed by atoms with Gasteiger partial charge in [0.1, 0.15) is 5.15 Å². The fourth-order valence-corrected chi connectivity index (χ4v) is 2.83. The van der Waals surface area contributed by atoms with Crippen LogP contribution in [0.5, 0.6) is 0 Å². The maximum Gasteiger partial charge on any atom is 0.129 e. The summed E-state index contributed by atoms with van der Waals surface area (Å²) in [6, 6.07) is 4.61. The first-order valence-corrected chi connectivity index (χ1v) is 6.78. The maximum absolute atomic E-state index is 5.86. The zero-order valence-electron chi connectivity index (χ0n) is 9.90. The lowest BCUT2D eigenvalue weighted by atomic mass is 10.0. The van der Waals surface area contributed by atoms with Crippen molar-refractivity contribution in [3.63, 3.8) is 0 Å². The molecule has 0 bridgehead atoms. The van der Waals surface area contributed by atoms with Crippen molar-refractivity contribution in [1.29, 1.82) is 0 Å². The van der Waals surface area contributed by atoms with Crippen molar-refractivity contribution < 1.29 is 0 Å². The number of nitrogens with one attached hydrogen (secondary N) is 1. The van der Waals surface area contributed by atoms with Gasteiger partial charge in [-0.3, -0.25) is 4.90 Å². The summed E-state index contributed by atoms with van der Waals surface area (Å²) < 4.78 is 0. The third-order valence-electron chi connectivity index (χ3n) is 3.71. The molecule has 1 saturated heterocycles. The molecule has 2 heterocycles. The van der Waals surface area contributed by atoms with Crippen molar-refractivity contribution in [2.75, 3.05) is 26.2 Å². The average Bonchev–Trinajstić information content (AvgIpc) is 3.18. The van der Waals surface area contributed by atoms with Gasteiger partial charge in [-0.15, -0.1) is 0 Å². The van der Waals surface area contributed by atoms with Gasteiger partial charge in [-0.1, -0.05) is 17.7 Å². The van der Waals surface area contributed by atoms with Crippen molar-refractivity contribution in [3.05, 3.63) is 29.0 Å². The maximum atomic E-state index is 5.86. The molecular weight excluding hydrogens is 234 g/mol. The van der Waals surface area contributed by atoms with Crippen LogP contribution in [0.2, 0.25) is 5.15 Å². The molecule has 0 unspecified atom stereocenters. The summed E-state index contributed by atoms with van der Waals surface area (Å²) in [6.45, 7) is 4.49. The van der Waals surface area contributed by atoms with Crippen molar-refractivity contribution in [2.45, 2.75) is 18.9 Å². The topological polar surface area (TPSA) is 28.2 Å². The molecule has 0 spiro atoms. The fraction of sp³-hybridized carbons (Fsp3) is 0.615. The molecule has 0 aromatic carbocycles. The highest BCUT2D eigenvalue weighted by atomic mass is 35.5. The van der Waals surface area contributed by atoms with Gasteiger partial charge in [0.15, 0.2) is 0 Å². The Hall–Kier alpha value is -0.640.